The summed E-state index contributed by atoms with van der Waals surface area (Å²) in [5.41, 5.74) is 1.70. The van der Waals surface area contributed by atoms with Crippen LogP contribution in [0.2, 0.25) is 0 Å². The van der Waals surface area contributed by atoms with Gasteiger partial charge >= 0.3 is 0 Å². The van der Waals surface area contributed by atoms with Gasteiger partial charge in [-0.1, -0.05) is 17.3 Å². The van der Waals surface area contributed by atoms with Crippen LogP contribution in [0.25, 0.3) is 11.0 Å². The summed E-state index contributed by atoms with van der Waals surface area (Å²) in [4.78, 5) is 16.7. The number of para-hydroxylation sites is 1. The first kappa shape index (κ1) is 14.9. The molecule has 7 heteroatoms. The van der Waals surface area contributed by atoms with Crippen LogP contribution in [0.1, 0.15) is 5.76 Å². The fourth-order valence-electron chi connectivity index (χ4n) is 3.04. The third-order valence-corrected chi connectivity index (χ3v) is 4.39. The summed E-state index contributed by atoms with van der Waals surface area (Å²) in [6, 6.07) is 11.6. The smallest absolute Gasteiger partial charge is 0.244 e. The van der Waals surface area contributed by atoms with E-state index in [0.717, 1.165) is 49.5 Å². The highest BCUT2D eigenvalue weighted by atomic mass is 16.3. The zero-order valence-corrected chi connectivity index (χ0v) is 13.3. The van der Waals surface area contributed by atoms with Crippen LogP contribution in [0, 0.1) is 0 Å². The molecular formula is C17H19N5O2. The van der Waals surface area contributed by atoms with Crippen LogP contribution in [0.4, 0.5) is 0 Å². The second kappa shape index (κ2) is 6.45. The number of furan rings is 1. The fraction of sp³-hybridized carbons (Fsp3) is 0.353. The standard InChI is InChI=1S/C17H19N5O2/c23-17(13-22-16-6-2-1-5-15(16)18-19-22)21-9-7-20(8-10-21)12-14-4-3-11-24-14/h1-6,11H,7-10,12-13H2. The lowest BCUT2D eigenvalue weighted by Gasteiger charge is -2.34. The molecule has 0 spiro atoms. The Hall–Kier alpha value is -2.67. The van der Waals surface area contributed by atoms with Crippen LogP contribution in [0.15, 0.2) is 47.1 Å². The van der Waals surface area contributed by atoms with E-state index >= 15 is 0 Å². The van der Waals surface area contributed by atoms with Gasteiger partial charge in [0, 0.05) is 26.2 Å². The van der Waals surface area contributed by atoms with Gasteiger partial charge in [-0.25, -0.2) is 4.68 Å². The van der Waals surface area contributed by atoms with Gasteiger partial charge in [-0.15, -0.1) is 5.10 Å². The van der Waals surface area contributed by atoms with Crippen LogP contribution < -0.4 is 0 Å². The van der Waals surface area contributed by atoms with Crippen molar-refractivity contribution in [2.45, 2.75) is 13.1 Å². The van der Waals surface area contributed by atoms with Gasteiger partial charge < -0.3 is 9.32 Å². The van der Waals surface area contributed by atoms with Crippen LogP contribution in [-0.4, -0.2) is 56.9 Å². The van der Waals surface area contributed by atoms with Crippen molar-refractivity contribution in [1.29, 1.82) is 0 Å². The van der Waals surface area contributed by atoms with Crippen molar-refractivity contribution in [3.63, 3.8) is 0 Å². The van der Waals surface area contributed by atoms with E-state index in [4.69, 9.17) is 4.42 Å². The van der Waals surface area contributed by atoms with Gasteiger partial charge in [-0.3, -0.25) is 9.69 Å². The molecule has 0 saturated carbocycles. The monoisotopic (exact) mass is 325 g/mol. The highest BCUT2D eigenvalue weighted by Gasteiger charge is 2.22. The molecule has 124 valence electrons. The minimum Gasteiger partial charge on any atom is -0.468 e. The molecule has 0 radical (unpaired) electrons. The summed E-state index contributed by atoms with van der Waals surface area (Å²) in [5, 5.41) is 8.19. The maximum Gasteiger partial charge on any atom is 0.244 e. The topological polar surface area (TPSA) is 67.4 Å². The minimum atomic E-state index is 0.0864. The molecule has 1 aliphatic rings. The number of benzene rings is 1. The van der Waals surface area contributed by atoms with Gasteiger partial charge in [0.05, 0.1) is 18.3 Å². The number of amides is 1. The molecule has 3 aromatic rings. The lowest BCUT2D eigenvalue weighted by Crippen LogP contribution is -2.49. The Morgan fingerprint density at radius 1 is 1.08 bits per heavy atom. The maximum atomic E-state index is 12.5. The van der Waals surface area contributed by atoms with Crippen LogP contribution >= 0.6 is 0 Å². The number of rotatable bonds is 4. The average Bonchev–Trinajstić information content (AvgIpc) is 3.26. The summed E-state index contributed by atoms with van der Waals surface area (Å²) < 4.78 is 7.05. The number of nitrogens with zero attached hydrogens (tertiary/aromatic N) is 5. The summed E-state index contributed by atoms with van der Waals surface area (Å²) >= 11 is 0. The van der Waals surface area contributed by atoms with E-state index in [0.29, 0.717) is 0 Å². The average molecular weight is 325 g/mol. The van der Waals surface area contributed by atoms with Crippen molar-refractivity contribution in [3.8, 4) is 0 Å². The van der Waals surface area contributed by atoms with E-state index in [1.807, 2.05) is 41.3 Å². The van der Waals surface area contributed by atoms with Crippen molar-refractivity contribution >= 4 is 16.9 Å². The number of fused-ring (bicyclic) bond motifs is 1. The first-order valence-electron chi connectivity index (χ1n) is 8.10. The Labute approximate surface area is 139 Å². The van der Waals surface area contributed by atoms with Gasteiger partial charge in [0.2, 0.25) is 5.91 Å². The third kappa shape index (κ3) is 3.03. The van der Waals surface area contributed by atoms with Crippen molar-refractivity contribution in [2.75, 3.05) is 26.2 Å². The molecule has 24 heavy (non-hydrogen) atoms. The van der Waals surface area contributed by atoms with E-state index in [1.165, 1.54) is 0 Å². The lowest BCUT2D eigenvalue weighted by atomic mass is 10.3. The van der Waals surface area contributed by atoms with Crippen molar-refractivity contribution in [2.24, 2.45) is 0 Å². The molecule has 1 aliphatic heterocycles. The molecule has 3 heterocycles. The van der Waals surface area contributed by atoms with Gasteiger partial charge in [-0.2, -0.15) is 0 Å². The van der Waals surface area contributed by atoms with Gasteiger partial charge in [0.1, 0.15) is 17.8 Å². The predicted molar refractivity (Wildman–Crippen MR) is 88.1 cm³/mol. The minimum absolute atomic E-state index is 0.0864. The van der Waals surface area contributed by atoms with Gasteiger partial charge in [0.25, 0.3) is 0 Å². The molecule has 0 atom stereocenters. The molecule has 1 aromatic carbocycles. The molecular weight excluding hydrogens is 306 g/mol. The van der Waals surface area contributed by atoms with Crippen molar-refractivity contribution < 1.29 is 9.21 Å². The lowest BCUT2D eigenvalue weighted by molar-refractivity contribution is -0.133. The van der Waals surface area contributed by atoms with E-state index in [9.17, 15) is 4.79 Å². The number of hydrogen-bond donors (Lipinski definition) is 0. The van der Waals surface area contributed by atoms with E-state index in [2.05, 4.69) is 15.2 Å². The van der Waals surface area contributed by atoms with Gasteiger partial charge in [0.15, 0.2) is 0 Å². The summed E-state index contributed by atoms with van der Waals surface area (Å²) in [7, 11) is 0. The van der Waals surface area contributed by atoms with E-state index < -0.39 is 0 Å². The number of aromatic nitrogens is 3. The molecule has 7 nitrogen and oxygen atoms in total. The maximum absolute atomic E-state index is 12.5. The zero-order chi connectivity index (χ0) is 16.4. The molecule has 0 N–H and O–H groups in total. The van der Waals surface area contributed by atoms with E-state index in [-0.39, 0.29) is 12.5 Å². The molecule has 1 saturated heterocycles. The normalized spacial score (nSPS) is 15.9. The third-order valence-electron chi connectivity index (χ3n) is 4.39. The zero-order valence-electron chi connectivity index (χ0n) is 13.3. The van der Waals surface area contributed by atoms with Crippen molar-refractivity contribution in [3.05, 3.63) is 48.4 Å². The van der Waals surface area contributed by atoms with Gasteiger partial charge in [-0.05, 0) is 24.3 Å². The molecule has 0 aliphatic carbocycles. The molecule has 2 aromatic heterocycles. The summed E-state index contributed by atoms with van der Waals surface area (Å²) in [6.07, 6.45) is 1.69. The highest BCUT2D eigenvalue weighted by molar-refractivity contribution is 5.79. The Balaban J connectivity index is 1.34. The number of carbonyl (C=O) groups is 1. The number of hydrogen-bond acceptors (Lipinski definition) is 5. The van der Waals surface area contributed by atoms with Crippen LogP contribution in [-0.2, 0) is 17.9 Å². The van der Waals surface area contributed by atoms with Crippen LogP contribution in [0.3, 0.4) is 0 Å². The van der Waals surface area contributed by atoms with Crippen LogP contribution in [0.5, 0.6) is 0 Å². The van der Waals surface area contributed by atoms with E-state index in [1.54, 1.807) is 10.9 Å². The molecule has 1 amide bonds. The predicted octanol–water partition coefficient (Wildman–Crippen LogP) is 1.37. The summed E-state index contributed by atoms with van der Waals surface area (Å²) in [5.74, 6) is 1.05. The first-order chi connectivity index (χ1) is 11.8. The fourth-order valence-corrected chi connectivity index (χ4v) is 3.04. The number of piperazine rings is 1. The second-order valence-corrected chi connectivity index (χ2v) is 5.97. The Kier molecular flexibility index (Phi) is 4.00. The Morgan fingerprint density at radius 2 is 1.92 bits per heavy atom. The highest BCUT2D eigenvalue weighted by Crippen LogP contribution is 2.12. The molecule has 1 fully saturated rings. The largest absolute Gasteiger partial charge is 0.468 e. The first-order valence-corrected chi connectivity index (χ1v) is 8.10. The van der Waals surface area contributed by atoms with Crippen molar-refractivity contribution in [1.82, 2.24) is 24.8 Å². The quantitative estimate of drug-likeness (QED) is 0.725. The SMILES string of the molecule is O=C(Cn1nnc2ccccc21)N1CCN(Cc2ccco2)CC1. The molecule has 0 unspecified atom stereocenters. The molecule has 4 rings (SSSR count). The Bertz CT molecular complexity index is 819. The number of carbonyl (C=O) groups excluding carboxylic acids is 1. The summed E-state index contributed by atoms with van der Waals surface area (Å²) in [6.45, 7) is 4.19. The molecule has 0 bridgehead atoms. The Morgan fingerprint density at radius 3 is 2.71 bits per heavy atom. The second-order valence-electron chi connectivity index (χ2n) is 5.97.